The molecule has 24 heavy (non-hydrogen) atoms. The molecule has 124 valence electrons. The van der Waals surface area contributed by atoms with E-state index in [4.69, 9.17) is 0 Å². The largest absolute Gasteiger partial charge is 0.269 e. The van der Waals surface area contributed by atoms with Crippen molar-refractivity contribution in [1.29, 1.82) is 0 Å². The first-order valence-corrected chi connectivity index (χ1v) is 9.16. The second kappa shape index (κ2) is 4.80. The number of hydrogen-bond donors (Lipinski definition) is 0. The van der Waals surface area contributed by atoms with Gasteiger partial charge in [0, 0.05) is 24.1 Å². The Morgan fingerprint density at radius 2 is 1.88 bits per heavy atom. The highest BCUT2D eigenvalue weighted by Gasteiger charge is 2.54. The molecular formula is C17H16N2O4S. The van der Waals surface area contributed by atoms with Crippen LogP contribution in [0.4, 0.5) is 11.4 Å². The van der Waals surface area contributed by atoms with Gasteiger partial charge in [0.15, 0.2) is 0 Å². The second-order valence-corrected chi connectivity index (χ2v) is 8.35. The van der Waals surface area contributed by atoms with Gasteiger partial charge in [0.25, 0.3) is 15.7 Å². The number of fused-ring (bicyclic) bond motifs is 2. The summed E-state index contributed by atoms with van der Waals surface area (Å²) in [5.41, 5.74) is 2.06. The van der Waals surface area contributed by atoms with Crippen LogP contribution in [0.25, 0.3) is 0 Å². The van der Waals surface area contributed by atoms with Crippen molar-refractivity contribution in [3.8, 4) is 0 Å². The number of nitrogens with zero attached hydrogens (tertiary/aromatic N) is 2. The molecule has 0 radical (unpaired) electrons. The molecule has 1 heterocycles. The lowest BCUT2D eigenvalue weighted by atomic mass is 9.99. The van der Waals surface area contributed by atoms with Crippen LogP contribution in [0.15, 0.2) is 47.4 Å². The fourth-order valence-corrected chi connectivity index (χ4v) is 5.31. The smallest absolute Gasteiger partial charge is 0.265 e. The molecule has 1 fully saturated rings. The zero-order valence-electron chi connectivity index (χ0n) is 13.1. The van der Waals surface area contributed by atoms with Gasteiger partial charge in [-0.1, -0.05) is 18.2 Å². The van der Waals surface area contributed by atoms with Crippen LogP contribution in [0.2, 0.25) is 0 Å². The average molecular weight is 344 g/mol. The molecule has 0 bridgehead atoms. The molecule has 0 amide bonds. The molecule has 6 nitrogen and oxygen atoms in total. The van der Waals surface area contributed by atoms with E-state index in [1.54, 1.807) is 6.92 Å². The Kier molecular flexibility index (Phi) is 3.02. The van der Waals surface area contributed by atoms with Crippen molar-refractivity contribution in [2.24, 2.45) is 0 Å². The maximum atomic E-state index is 13.2. The molecule has 2 aromatic rings. The molecule has 7 heteroatoms. The summed E-state index contributed by atoms with van der Waals surface area (Å²) >= 11 is 0. The summed E-state index contributed by atoms with van der Waals surface area (Å²) in [4.78, 5) is 10.5. The van der Waals surface area contributed by atoms with Gasteiger partial charge >= 0.3 is 0 Å². The minimum Gasteiger partial charge on any atom is -0.265 e. The second-order valence-electron chi connectivity index (χ2n) is 6.52. The van der Waals surface area contributed by atoms with Gasteiger partial charge in [0.05, 0.1) is 15.5 Å². The summed E-state index contributed by atoms with van der Waals surface area (Å²) in [6.07, 6.45) is 1.99. The van der Waals surface area contributed by atoms with Gasteiger partial charge in [-0.15, -0.1) is 0 Å². The minimum atomic E-state index is -3.75. The van der Waals surface area contributed by atoms with Crippen LogP contribution in [-0.4, -0.2) is 19.9 Å². The molecule has 1 saturated carbocycles. The standard InChI is InChI=1S/C17H16N2O4S/c1-12-10-13(19(20)21)6-7-16(12)24(22,23)18-11-17(8-9-17)14-4-2-3-5-15(14)18/h2-7,10H,8-9,11H2,1H3. The Balaban J connectivity index is 1.81. The first-order valence-electron chi connectivity index (χ1n) is 7.72. The lowest BCUT2D eigenvalue weighted by molar-refractivity contribution is -0.385. The van der Waals surface area contributed by atoms with Crippen molar-refractivity contribution in [2.45, 2.75) is 30.1 Å². The number of nitro benzene ring substituents is 1. The zero-order valence-corrected chi connectivity index (χ0v) is 13.9. The maximum Gasteiger partial charge on any atom is 0.269 e. The molecule has 0 aromatic heterocycles. The number of rotatable bonds is 3. The van der Waals surface area contributed by atoms with Crippen LogP contribution >= 0.6 is 0 Å². The number of anilines is 1. The highest BCUT2D eigenvalue weighted by molar-refractivity contribution is 7.93. The van der Waals surface area contributed by atoms with Crippen LogP contribution in [0.5, 0.6) is 0 Å². The van der Waals surface area contributed by atoms with E-state index in [0.29, 0.717) is 12.1 Å². The van der Waals surface area contributed by atoms with E-state index >= 15 is 0 Å². The number of benzene rings is 2. The molecule has 1 spiro atoms. The fourth-order valence-electron chi connectivity index (χ4n) is 3.53. The van der Waals surface area contributed by atoms with Crippen molar-refractivity contribution in [3.63, 3.8) is 0 Å². The van der Waals surface area contributed by atoms with E-state index in [9.17, 15) is 18.5 Å². The highest BCUT2D eigenvalue weighted by Crippen LogP contribution is 2.57. The van der Waals surface area contributed by atoms with Crippen LogP contribution in [0, 0.1) is 17.0 Å². The predicted molar refractivity (Wildman–Crippen MR) is 89.7 cm³/mol. The lowest BCUT2D eigenvalue weighted by Gasteiger charge is -2.21. The van der Waals surface area contributed by atoms with Crippen LogP contribution in [0.3, 0.4) is 0 Å². The van der Waals surface area contributed by atoms with Crippen molar-refractivity contribution < 1.29 is 13.3 Å². The summed E-state index contributed by atoms with van der Waals surface area (Å²) in [6, 6.07) is 11.5. The van der Waals surface area contributed by atoms with Crippen LogP contribution in [0.1, 0.15) is 24.0 Å². The van der Waals surface area contributed by atoms with Gasteiger partial charge in [-0.3, -0.25) is 14.4 Å². The van der Waals surface area contributed by atoms with Gasteiger partial charge < -0.3 is 0 Å². The molecule has 2 aromatic carbocycles. The maximum absolute atomic E-state index is 13.2. The Morgan fingerprint density at radius 3 is 2.50 bits per heavy atom. The normalized spacial score (nSPS) is 17.8. The van der Waals surface area contributed by atoms with E-state index in [2.05, 4.69) is 0 Å². The minimum absolute atomic E-state index is 0.0433. The zero-order chi connectivity index (χ0) is 17.1. The highest BCUT2D eigenvalue weighted by atomic mass is 32.2. The quantitative estimate of drug-likeness (QED) is 0.633. The summed E-state index contributed by atoms with van der Waals surface area (Å²) in [6.45, 7) is 2.04. The lowest BCUT2D eigenvalue weighted by Crippen LogP contribution is -2.32. The van der Waals surface area contributed by atoms with Gasteiger partial charge in [0.2, 0.25) is 0 Å². The van der Waals surface area contributed by atoms with E-state index < -0.39 is 14.9 Å². The summed E-state index contributed by atoms with van der Waals surface area (Å²) < 4.78 is 27.8. The Labute approximate surface area is 139 Å². The fraction of sp³-hybridized carbons (Fsp3) is 0.294. The molecule has 2 aliphatic rings. The number of nitro groups is 1. The number of sulfonamides is 1. The summed E-state index contributed by atoms with van der Waals surface area (Å²) in [7, 11) is -3.75. The molecule has 1 aliphatic heterocycles. The number of aryl methyl sites for hydroxylation is 1. The molecule has 0 unspecified atom stereocenters. The monoisotopic (exact) mass is 344 g/mol. The predicted octanol–water partition coefficient (Wildman–Crippen LogP) is 3.14. The molecule has 4 rings (SSSR count). The van der Waals surface area contributed by atoms with E-state index in [1.165, 1.54) is 22.5 Å². The Hall–Kier alpha value is -2.41. The van der Waals surface area contributed by atoms with E-state index in [1.807, 2.05) is 24.3 Å². The molecule has 0 atom stereocenters. The SMILES string of the molecule is Cc1cc([N+](=O)[O-])ccc1S(=O)(=O)N1CC2(CC2)c2ccccc21. The van der Waals surface area contributed by atoms with Gasteiger partial charge in [-0.2, -0.15) is 0 Å². The molecule has 1 aliphatic carbocycles. The van der Waals surface area contributed by atoms with Gasteiger partial charge in [0.1, 0.15) is 0 Å². The Morgan fingerprint density at radius 1 is 1.17 bits per heavy atom. The third kappa shape index (κ3) is 2.04. The van der Waals surface area contributed by atoms with Crippen molar-refractivity contribution >= 4 is 21.4 Å². The van der Waals surface area contributed by atoms with E-state index in [0.717, 1.165) is 24.1 Å². The third-order valence-corrected chi connectivity index (χ3v) is 6.90. The first-order chi connectivity index (χ1) is 11.3. The van der Waals surface area contributed by atoms with Crippen molar-refractivity contribution in [3.05, 3.63) is 63.7 Å². The summed E-state index contributed by atoms with van der Waals surface area (Å²) in [5.74, 6) is 0. The number of hydrogen-bond acceptors (Lipinski definition) is 4. The topological polar surface area (TPSA) is 80.5 Å². The van der Waals surface area contributed by atoms with Crippen molar-refractivity contribution in [2.75, 3.05) is 10.8 Å². The third-order valence-electron chi connectivity index (χ3n) is 4.98. The molecular weight excluding hydrogens is 328 g/mol. The van der Waals surface area contributed by atoms with E-state index in [-0.39, 0.29) is 16.0 Å². The van der Waals surface area contributed by atoms with Gasteiger partial charge in [-0.05, 0) is 43.0 Å². The average Bonchev–Trinajstić information content (AvgIpc) is 3.24. The van der Waals surface area contributed by atoms with Crippen LogP contribution < -0.4 is 4.31 Å². The number of non-ortho nitro benzene ring substituents is 1. The van der Waals surface area contributed by atoms with Gasteiger partial charge in [-0.25, -0.2) is 8.42 Å². The summed E-state index contributed by atoms with van der Waals surface area (Å²) in [5, 5.41) is 10.9. The molecule has 0 N–H and O–H groups in total. The van der Waals surface area contributed by atoms with Crippen molar-refractivity contribution in [1.82, 2.24) is 0 Å². The van der Waals surface area contributed by atoms with Crippen LogP contribution in [-0.2, 0) is 15.4 Å². The first kappa shape index (κ1) is 15.1. The number of para-hydroxylation sites is 1. The Bertz CT molecular complexity index is 964. The molecule has 0 saturated heterocycles.